The smallest absolute Gasteiger partial charge is 0.269 e. The number of aryl methyl sites for hydroxylation is 1. The number of benzene rings is 2. The van der Waals surface area contributed by atoms with Crippen LogP contribution in [-0.4, -0.2) is 16.9 Å². The topological polar surface area (TPSA) is 70.2 Å². The molecule has 0 bridgehead atoms. The maximum Gasteiger partial charge on any atom is 0.269 e. The van der Waals surface area contributed by atoms with Gasteiger partial charge in [0, 0.05) is 11.6 Å². The summed E-state index contributed by atoms with van der Waals surface area (Å²) in [5.41, 5.74) is 7.23. The van der Waals surface area contributed by atoms with Crippen molar-refractivity contribution in [3.63, 3.8) is 0 Å². The molecule has 0 aliphatic heterocycles. The van der Waals surface area contributed by atoms with Crippen molar-refractivity contribution in [2.75, 3.05) is 0 Å². The van der Waals surface area contributed by atoms with Gasteiger partial charge >= 0.3 is 0 Å². The van der Waals surface area contributed by atoms with Crippen LogP contribution in [0.15, 0.2) is 60.7 Å². The highest BCUT2D eigenvalue weighted by atomic mass is 32.1. The van der Waals surface area contributed by atoms with Crippen LogP contribution in [0.3, 0.4) is 0 Å². The average Bonchev–Trinajstić information content (AvgIpc) is 2.59. The van der Waals surface area contributed by atoms with Crippen molar-refractivity contribution in [2.45, 2.75) is 6.92 Å². The van der Waals surface area contributed by atoms with E-state index in [9.17, 15) is 9.59 Å². The number of nitrogens with one attached hydrogen (secondary N) is 3. The Morgan fingerprint density at radius 1 is 0.958 bits per heavy atom. The lowest BCUT2D eigenvalue weighted by Crippen LogP contribution is -2.48. The molecular weight excluding hydrogens is 322 g/mol. The third kappa shape index (κ3) is 5.33. The molecule has 0 saturated carbocycles. The number of rotatable bonds is 3. The lowest BCUT2D eigenvalue weighted by molar-refractivity contribution is -0.115. The second-order valence-electron chi connectivity index (χ2n) is 4.96. The van der Waals surface area contributed by atoms with Crippen LogP contribution in [0.1, 0.15) is 21.5 Å². The molecule has 2 rings (SSSR count). The van der Waals surface area contributed by atoms with E-state index in [1.807, 2.05) is 49.4 Å². The molecule has 122 valence electrons. The van der Waals surface area contributed by atoms with Crippen LogP contribution < -0.4 is 16.2 Å². The Hall–Kier alpha value is -2.99. The molecule has 0 unspecified atom stereocenters. The van der Waals surface area contributed by atoms with Crippen LogP contribution >= 0.6 is 12.2 Å². The molecule has 0 fully saturated rings. The highest BCUT2D eigenvalue weighted by molar-refractivity contribution is 7.80. The van der Waals surface area contributed by atoms with E-state index < -0.39 is 0 Å². The Bertz CT molecular complexity index is 773. The molecule has 3 N–H and O–H groups in total. The summed E-state index contributed by atoms with van der Waals surface area (Å²) in [4.78, 5) is 23.8. The predicted molar refractivity (Wildman–Crippen MR) is 98.0 cm³/mol. The number of carbonyl (C=O) groups is 2. The fourth-order valence-electron chi connectivity index (χ4n) is 1.93. The molecule has 0 radical (unpaired) electrons. The first-order valence-electron chi connectivity index (χ1n) is 7.26. The fraction of sp³-hybridized carbons (Fsp3) is 0.0556. The minimum atomic E-state index is -0.388. The summed E-state index contributed by atoms with van der Waals surface area (Å²) in [7, 11) is 0. The summed E-state index contributed by atoms with van der Waals surface area (Å²) < 4.78 is 0. The third-order valence-corrected chi connectivity index (χ3v) is 3.35. The predicted octanol–water partition coefficient (Wildman–Crippen LogP) is 2.34. The number of carbonyl (C=O) groups excluding carboxylic acids is 2. The zero-order chi connectivity index (χ0) is 17.4. The summed E-state index contributed by atoms with van der Waals surface area (Å²) in [6, 6.07) is 16.6. The first kappa shape index (κ1) is 17.4. The van der Waals surface area contributed by atoms with Crippen LogP contribution in [0.4, 0.5) is 0 Å². The number of thiocarbonyl (C=S) groups is 1. The summed E-state index contributed by atoms with van der Waals surface area (Å²) in [6.45, 7) is 1.84. The van der Waals surface area contributed by atoms with Crippen LogP contribution in [-0.2, 0) is 4.79 Å². The third-order valence-electron chi connectivity index (χ3n) is 3.14. The van der Waals surface area contributed by atoms with Crippen molar-refractivity contribution in [1.82, 2.24) is 16.2 Å². The molecule has 24 heavy (non-hydrogen) atoms. The van der Waals surface area contributed by atoms with Crippen molar-refractivity contribution in [3.8, 4) is 0 Å². The van der Waals surface area contributed by atoms with Gasteiger partial charge < -0.3 is 0 Å². The maximum absolute atomic E-state index is 12.0. The molecule has 0 heterocycles. The van der Waals surface area contributed by atoms with Crippen molar-refractivity contribution in [1.29, 1.82) is 0 Å². The molecule has 5 nitrogen and oxygen atoms in total. The molecule has 0 spiro atoms. The minimum Gasteiger partial charge on any atom is -0.298 e. The average molecular weight is 339 g/mol. The van der Waals surface area contributed by atoms with E-state index in [0.717, 1.165) is 11.1 Å². The minimum absolute atomic E-state index is 0.0136. The van der Waals surface area contributed by atoms with E-state index in [1.165, 1.54) is 6.08 Å². The number of hydrogen-bond donors (Lipinski definition) is 3. The molecular formula is C18H17N3O2S. The summed E-state index contributed by atoms with van der Waals surface area (Å²) in [6.07, 6.45) is 3.04. The van der Waals surface area contributed by atoms with Crippen LogP contribution in [0.25, 0.3) is 6.08 Å². The lowest BCUT2D eigenvalue weighted by Gasteiger charge is -2.10. The van der Waals surface area contributed by atoms with Crippen molar-refractivity contribution in [2.24, 2.45) is 0 Å². The highest BCUT2D eigenvalue weighted by Gasteiger charge is 2.08. The number of amides is 2. The summed E-state index contributed by atoms with van der Waals surface area (Å²) in [5.74, 6) is -0.717. The van der Waals surface area contributed by atoms with Gasteiger partial charge in [-0.25, -0.2) is 0 Å². The molecule has 2 aromatic rings. The van der Waals surface area contributed by atoms with Gasteiger partial charge in [0.15, 0.2) is 5.11 Å². The van der Waals surface area contributed by atoms with E-state index >= 15 is 0 Å². The first-order valence-corrected chi connectivity index (χ1v) is 7.67. The van der Waals surface area contributed by atoms with Crippen LogP contribution in [0.2, 0.25) is 0 Å². The van der Waals surface area contributed by atoms with E-state index in [-0.39, 0.29) is 16.9 Å². The molecule has 0 atom stereocenters. The standard InChI is InChI=1S/C18H17N3O2S/c1-13-7-5-6-10-15(13)17(23)20-21-18(24)19-16(22)12-11-14-8-3-2-4-9-14/h2-12H,1H3,(H,20,23)(H2,19,21,22,24)/b12-11+. The Labute approximate surface area is 145 Å². The second kappa shape index (κ2) is 8.59. The van der Waals surface area contributed by atoms with Gasteiger partial charge in [0.1, 0.15) is 0 Å². The molecule has 2 amide bonds. The Morgan fingerprint density at radius 2 is 1.62 bits per heavy atom. The van der Waals surface area contributed by atoms with Gasteiger partial charge in [-0.1, -0.05) is 48.5 Å². The first-order chi connectivity index (χ1) is 11.6. The zero-order valence-electron chi connectivity index (χ0n) is 13.1. The van der Waals surface area contributed by atoms with E-state index in [2.05, 4.69) is 16.2 Å². The quantitative estimate of drug-likeness (QED) is 0.456. The van der Waals surface area contributed by atoms with Crippen LogP contribution in [0.5, 0.6) is 0 Å². The van der Waals surface area contributed by atoms with Gasteiger partial charge in [-0.15, -0.1) is 0 Å². The lowest BCUT2D eigenvalue weighted by atomic mass is 10.1. The van der Waals surface area contributed by atoms with Crippen LogP contribution in [0, 0.1) is 6.92 Å². The zero-order valence-corrected chi connectivity index (χ0v) is 13.9. The van der Waals surface area contributed by atoms with Gasteiger partial charge in [-0.2, -0.15) is 0 Å². The molecule has 2 aromatic carbocycles. The Kier molecular flexibility index (Phi) is 6.22. The van der Waals surface area contributed by atoms with Gasteiger partial charge in [-0.3, -0.25) is 25.8 Å². The molecule has 0 saturated heterocycles. The number of hydrogen-bond acceptors (Lipinski definition) is 3. The molecule has 0 aromatic heterocycles. The van der Waals surface area contributed by atoms with Gasteiger partial charge in [0.05, 0.1) is 0 Å². The normalized spacial score (nSPS) is 10.2. The second-order valence-corrected chi connectivity index (χ2v) is 5.36. The van der Waals surface area contributed by atoms with Crippen molar-refractivity contribution < 1.29 is 9.59 Å². The Balaban J connectivity index is 1.81. The Morgan fingerprint density at radius 3 is 2.33 bits per heavy atom. The summed E-state index contributed by atoms with van der Waals surface area (Å²) >= 11 is 4.97. The van der Waals surface area contributed by atoms with E-state index in [1.54, 1.807) is 18.2 Å². The van der Waals surface area contributed by atoms with Gasteiger partial charge in [-0.05, 0) is 42.4 Å². The van der Waals surface area contributed by atoms with Gasteiger partial charge in [0.25, 0.3) is 5.91 Å². The van der Waals surface area contributed by atoms with E-state index in [0.29, 0.717) is 5.56 Å². The SMILES string of the molecule is Cc1ccccc1C(=O)NNC(=S)NC(=O)/C=C/c1ccccc1. The summed E-state index contributed by atoms with van der Waals surface area (Å²) in [5, 5.41) is 2.47. The van der Waals surface area contributed by atoms with Crippen molar-refractivity contribution >= 4 is 35.2 Å². The van der Waals surface area contributed by atoms with Crippen molar-refractivity contribution in [3.05, 3.63) is 77.4 Å². The molecule has 0 aliphatic rings. The van der Waals surface area contributed by atoms with E-state index in [4.69, 9.17) is 12.2 Å². The highest BCUT2D eigenvalue weighted by Crippen LogP contribution is 2.05. The fourth-order valence-corrected chi connectivity index (χ4v) is 2.08. The molecule has 6 heteroatoms. The monoisotopic (exact) mass is 339 g/mol. The van der Waals surface area contributed by atoms with Gasteiger partial charge in [0.2, 0.25) is 5.91 Å². The largest absolute Gasteiger partial charge is 0.298 e. The molecule has 0 aliphatic carbocycles. The number of hydrazine groups is 1. The maximum atomic E-state index is 12.0.